The molecule has 1 fully saturated rings. The topological polar surface area (TPSA) is 61.9 Å². The highest BCUT2D eigenvalue weighted by Crippen LogP contribution is 2.45. The maximum absolute atomic E-state index is 12.9. The Hall–Kier alpha value is -2.86. The Morgan fingerprint density at radius 1 is 1.09 bits per heavy atom. The average molecular weight is 434 g/mol. The molecule has 3 aliphatic heterocycles. The highest BCUT2D eigenvalue weighted by molar-refractivity contribution is 6.06. The van der Waals surface area contributed by atoms with Crippen LogP contribution in [-0.2, 0) is 21.4 Å². The predicted molar refractivity (Wildman–Crippen MR) is 125 cm³/mol. The lowest BCUT2D eigenvalue weighted by molar-refractivity contribution is -0.122. The van der Waals surface area contributed by atoms with Crippen LogP contribution >= 0.6 is 0 Å². The molecule has 1 spiro atoms. The van der Waals surface area contributed by atoms with E-state index in [1.54, 1.807) is 4.90 Å². The molecule has 1 N–H and O–H groups in total. The van der Waals surface area contributed by atoms with Crippen molar-refractivity contribution in [2.24, 2.45) is 0 Å². The Morgan fingerprint density at radius 2 is 1.88 bits per heavy atom. The fraction of sp³-hybridized carbons (Fsp3) is 0.462. The van der Waals surface area contributed by atoms with Crippen molar-refractivity contribution in [3.63, 3.8) is 0 Å². The predicted octanol–water partition coefficient (Wildman–Crippen LogP) is 3.66. The van der Waals surface area contributed by atoms with Crippen LogP contribution in [0.2, 0.25) is 0 Å². The fourth-order valence-electron chi connectivity index (χ4n) is 5.42. The summed E-state index contributed by atoms with van der Waals surface area (Å²) in [6.45, 7) is 6.63. The van der Waals surface area contributed by atoms with Gasteiger partial charge >= 0.3 is 0 Å². The quantitative estimate of drug-likeness (QED) is 0.800. The standard InChI is InChI=1S/C26H31N3O3/c1-17-4-7-22-21(14-17)26(25(31)27-22)10-12-29(13-11-26)18(2)16-32-20-6-8-23-19(15-20)5-9-24(30)28(23)3/h4,6-8,14-15,18H,5,9-13,16H2,1-3H3,(H,27,31). The first-order valence-corrected chi connectivity index (χ1v) is 11.6. The Kier molecular flexibility index (Phi) is 5.20. The summed E-state index contributed by atoms with van der Waals surface area (Å²) in [4.78, 5) is 28.9. The molecule has 6 heteroatoms. The number of benzene rings is 2. The van der Waals surface area contributed by atoms with Gasteiger partial charge in [0.15, 0.2) is 0 Å². The zero-order valence-corrected chi connectivity index (χ0v) is 19.1. The number of carbonyl (C=O) groups is 2. The second-order valence-corrected chi connectivity index (χ2v) is 9.52. The summed E-state index contributed by atoms with van der Waals surface area (Å²) in [5, 5.41) is 3.10. The van der Waals surface area contributed by atoms with Crippen molar-refractivity contribution in [3.8, 4) is 5.75 Å². The van der Waals surface area contributed by atoms with Crippen molar-refractivity contribution in [3.05, 3.63) is 53.1 Å². The first-order valence-electron chi connectivity index (χ1n) is 11.6. The van der Waals surface area contributed by atoms with E-state index in [-0.39, 0.29) is 23.3 Å². The molecule has 1 atom stereocenters. The van der Waals surface area contributed by atoms with Gasteiger partial charge in [-0.05, 0) is 81.6 Å². The summed E-state index contributed by atoms with van der Waals surface area (Å²) in [6.07, 6.45) is 2.98. The van der Waals surface area contributed by atoms with E-state index in [0.717, 1.165) is 49.5 Å². The van der Waals surface area contributed by atoms with E-state index < -0.39 is 0 Å². The molecule has 3 heterocycles. The van der Waals surface area contributed by atoms with Crippen LogP contribution in [0.1, 0.15) is 42.9 Å². The van der Waals surface area contributed by atoms with Crippen LogP contribution in [0, 0.1) is 6.92 Å². The maximum Gasteiger partial charge on any atom is 0.235 e. The van der Waals surface area contributed by atoms with Gasteiger partial charge in [-0.3, -0.25) is 14.5 Å². The van der Waals surface area contributed by atoms with E-state index >= 15 is 0 Å². The number of carbonyl (C=O) groups excluding carboxylic acids is 2. The van der Waals surface area contributed by atoms with Gasteiger partial charge in [0.05, 0.1) is 5.41 Å². The van der Waals surface area contributed by atoms with Gasteiger partial charge in [-0.2, -0.15) is 0 Å². The molecule has 3 aliphatic rings. The minimum Gasteiger partial charge on any atom is -0.492 e. The van der Waals surface area contributed by atoms with Crippen LogP contribution in [0.3, 0.4) is 0 Å². The lowest BCUT2D eigenvalue weighted by Crippen LogP contribution is -2.50. The average Bonchev–Trinajstić information content (AvgIpc) is 3.06. The van der Waals surface area contributed by atoms with Gasteiger partial charge < -0.3 is 15.0 Å². The first-order chi connectivity index (χ1) is 15.4. The Labute approximate surface area is 189 Å². The van der Waals surface area contributed by atoms with Crippen molar-refractivity contribution >= 4 is 23.2 Å². The second-order valence-electron chi connectivity index (χ2n) is 9.52. The molecular weight excluding hydrogens is 402 g/mol. The molecule has 2 aromatic rings. The van der Waals surface area contributed by atoms with Gasteiger partial charge in [-0.25, -0.2) is 0 Å². The van der Waals surface area contributed by atoms with Gasteiger partial charge in [0, 0.05) is 30.9 Å². The molecular formula is C26H31N3O3. The van der Waals surface area contributed by atoms with Crippen molar-refractivity contribution in [2.75, 3.05) is 37.0 Å². The van der Waals surface area contributed by atoms with E-state index in [4.69, 9.17) is 4.74 Å². The van der Waals surface area contributed by atoms with Crippen molar-refractivity contribution in [1.29, 1.82) is 0 Å². The van der Waals surface area contributed by atoms with E-state index in [1.165, 1.54) is 16.7 Å². The van der Waals surface area contributed by atoms with Gasteiger partial charge in [0.2, 0.25) is 11.8 Å². The van der Waals surface area contributed by atoms with Crippen LogP contribution < -0.4 is 15.0 Å². The zero-order chi connectivity index (χ0) is 22.5. The molecule has 0 aromatic heterocycles. The van der Waals surface area contributed by atoms with E-state index in [1.807, 2.05) is 25.2 Å². The molecule has 0 aliphatic carbocycles. The molecule has 0 bridgehead atoms. The normalized spacial score (nSPS) is 20.7. The minimum atomic E-state index is -0.389. The highest BCUT2D eigenvalue weighted by Gasteiger charge is 2.48. The summed E-state index contributed by atoms with van der Waals surface area (Å²) < 4.78 is 6.13. The highest BCUT2D eigenvalue weighted by atomic mass is 16.5. The van der Waals surface area contributed by atoms with E-state index in [0.29, 0.717) is 13.0 Å². The van der Waals surface area contributed by atoms with Crippen molar-refractivity contribution in [1.82, 2.24) is 4.90 Å². The van der Waals surface area contributed by atoms with Crippen LogP contribution in [0.25, 0.3) is 0 Å². The monoisotopic (exact) mass is 433 g/mol. The fourth-order valence-corrected chi connectivity index (χ4v) is 5.42. The third-order valence-corrected chi connectivity index (χ3v) is 7.53. The van der Waals surface area contributed by atoms with Crippen LogP contribution in [0.5, 0.6) is 5.75 Å². The number of ether oxygens (including phenoxy) is 1. The second kappa shape index (κ2) is 7.93. The molecule has 2 aromatic carbocycles. The van der Waals surface area contributed by atoms with E-state index in [2.05, 4.69) is 42.3 Å². The summed E-state index contributed by atoms with van der Waals surface area (Å²) in [6, 6.07) is 12.5. The number of hydrogen-bond acceptors (Lipinski definition) is 4. The number of aryl methyl sites for hydroxylation is 2. The number of hydrogen-bond donors (Lipinski definition) is 1. The number of rotatable bonds is 4. The van der Waals surface area contributed by atoms with Crippen LogP contribution in [0.15, 0.2) is 36.4 Å². The first kappa shape index (κ1) is 21.0. The number of fused-ring (bicyclic) bond motifs is 3. The van der Waals surface area contributed by atoms with Gasteiger partial charge in [0.1, 0.15) is 12.4 Å². The van der Waals surface area contributed by atoms with Gasteiger partial charge in [-0.15, -0.1) is 0 Å². The molecule has 5 rings (SSSR count). The largest absolute Gasteiger partial charge is 0.492 e. The van der Waals surface area contributed by atoms with Crippen molar-refractivity contribution in [2.45, 2.75) is 51.0 Å². The molecule has 32 heavy (non-hydrogen) atoms. The lowest BCUT2D eigenvalue weighted by Gasteiger charge is -2.40. The molecule has 1 unspecified atom stereocenters. The summed E-state index contributed by atoms with van der Waals surface area (Å²) in [7, 11) is 1.83. The number of nitrogens with zero attached hydrogens (tertiary/aromatic N) is 2. The molecule has 0 radical (unpaired) electrons. The van der Waals surface area contributed by atoms with Gasteiger partial charge in [0.25, 0.3) is 0 Å². The molecule has 0 saturated carbocycles. The smallest absolute Gasteiger partial charge is 0.235 e. The number of likely N-dealkylation sites (tertiary alicyclic amines) is 1. The van der Waals surface area contributed by atoms with Crippen LogP contribution in [-0.4, -0.2) is 49.5 Å². The van der Waals surface area contributed by atoms with Crippen molar-refractivity contribution < 1.29 is 14.3 Å². The Bertz CT molecular complexity index is 1070. The third kappa shape index (κ3) is 3.47. The number of amides is 2. The Morgan fingerprint density at radius 3 is 2.66 bits per heavy atom. The number of nitrogens with one attached hydrogen (secondary N) is 1. The zero-order valence-electron chi connectivity index (χ0n) is 19.1. The third-order valence-electron chi connectivity index (χ3n) is 7.53. The minimum absolute atomic E-state index is 0.152. The number of piperidine rings is 1. The SMILES string of the molecule is Cc1ccc2c(c1)C1(CCN(C(C)COc3ccc4c(c3)CCC(=O)N4C)CC1)C(=O)N2. The van der Waals surface area contributed by atoms with Gasteiger partial charge in [-0.1, -0.05) is 17.7 Å². The molecule has 1 saturated heterocycles. The summed E-state index contributed by atoms with van der Waals surface area (Å²) >= 11 is 0. The summed E-state index contributed by atoms with van der Waals surface area (Å²) in [5.41, 5.74) is 5.10. The molecule has 2 amide bonds. The lowest BCUT2D eigenvalue weighted by atomic mass is 9.73. The van der Waals surface area contributed by atoms with E-state index in [9.17, 15) is 9.59 Å². The Balaban J connectivity index is 1.21. The maximum atomic E-state index is 12.9. The van der Waals surface area contributed by atoms with Crippen LogP contribution in [0.4, 0.5) is 11.4 Å². The summed E-state index contributed by atoms with van der Waals surface area (Å²) in [5.74, 6) is 1.17. The number of anilines is 2. The molecule has 168 valence electrons. The molecule has 6 nitrogen and oxygen atoms in total.